The molecule has 2 fully saturated rings. The van der Waals surface area contributed by atoms with Gasteiger partial charge in [0.1, 0.15) is 0 Å². The predicted molar refractivity (Wildman–Crippen MR) is 86.5 cm³/mol. The van der Waals surface area contributed by atoms with Gasteiger partial charge in [-0.1, -0.05) is 29.8 Å². The third-order valence-electron chi connectivity index (χ3n) is 4.66. The summed E-state index contributed by atoms with van der Waals surface area (Å²) in [6.45, 7) is 6.50. The van der Waals surface area contributed by atoms with Gasteiger partial charge in [0.25, 0.3) is 0 Å². The van der Waals surface area contributed by atoms with Gasteiger partial charge in [-0.25, -0.2) is 8.42 Å². The number of aliphatic hydroxyl groups is 1. The molecule has 0 aromatic heterocycles. The molecule has 0 aliphatic carbocycles. The summed E-state index contributed by atoms with van der Waals surface area (Å²) in [6.07, 6.45) is -0.728. The maximum Gasteiger partial charge on any atom is 0.154 e. The van der Waals surface area contributed by atoms with Crippen molar-refractivity contribution in [2.45, 2.75) is 25.6 Å². The Labute approximate surface area is 132 Å². The average Bonchev–Trinajstić information content (AvgIpc) is 2.73. The number of benzene rings is 1. The highest BCUT2D eigenvalue weighted by Crippen LogP contribution is 2.20. The molecule has 2 atom stereocenters. The summed E-state index contributed by atoms with van der Waals surface area (Å²) in [7, 11) is -3.07. The van der Waals surface area contributed by atoms with Crippen LogP contribution in [0.1, 0.15) is 11.1 Å². The standard InChI is InChI=1S/C16H24N2O3S/c1-13-3-2-4-14(9-13)10-17-5-7-18(8-6-17)15-11-22(20,21)12-16(15)19/h2-4,9,15-16,19H,5-8,10-12H2,1H3/t15-,16+/m1/s1. The monoisotopic (exact) mass is 324 g/mol. The molecule has 1 aromatic rings. The number of piperazine rings is 1. The molecule has 2 heterocycles. The molecule has 0 bridgehead atoms. The zero-order valence-corrected chi connectivity index (χ0v) is 13.8. The highest BCUT2D eigenvalue weighted by molar-refractivity contribution is 7.91. The number of nitrogens with zero attached hydrogens (tertiary/aromatic N) is 2. The fourth-order valence-corrected chi connectivity index (χ4v) is 5.31. The van der Waals surface area contributed by atoms with E-state index in [-0.39, 0.29) is 17.5 Å². The van der Waals surface area contributed by atoms with Gasteiger partial charge in [-0.15, -0.1) is 0 Å². The van der Waals surface area contributed by atoms with Gasteiger partial charge in [-0.2, -0.15) is 0 Å². The van der Waals surface area contributed by atoms with Crippen LogP contribution in [0, 0.1) is 6.92 Å². The van der Waals surface area contributed by atoms with Crippen molar-refractivity contribution in [2.24, 2.45) is 0 Å². The Morgan fingerprint density at radius 3 is 2.50 bits per heavy atom. The smallest absolute Gasteiger partial charge is 0.154 e. The lowest BCUT2D eigenvalue weighted by atomic mass is 10.1. The first kappa shape index (κ1) is 15.9. The van der Waals surface area contributed by atoms with Crippen molar-refractivity contribution < 1.29 is 13.5 Å². The van der Waals surface area contributed by atoms with Crippen molar-refractivity contribution in [1.82, 2.24) is 9.80 Å². The van der Waals surface area contributed by atoms with E-state index in [1.165, 1.54) is 11.1 Å². The lowest BCUT2D eigenvalue weighted by Gasteiger charge is -2.38. The summed E-state index contributed by atoms with van der Waals surface area (Å²) in [4.78, 5) is 4.53. The van der Waals surface area contributed by atoms with Crippen molar-refractivity contribution in [3.05, 3.63) is 35.4 Å². The molecule has 22 heavy (non-hydrogen) atoms. The van der Waals surface area contributed by atoms with Crippen LogP contribution in [0.4, 0.5) is 0 Å². The summed E-state index contributed by atoms with van der Waals surface area (Å²) in [5, 5.41) is 9.97. The van der Waals surface area contributed by atoms with Crippen molar-refractivity contribution in [2.75, 3.05) is 37.7 Å². The van der Waals surface area contributed by atoms with Crippen LogP contribution in [0.15, 0.2) is 24.3 Å². The van der Waals surface area contributed by atoms with Crippen LogP contribution in [0.5, 0.6) is 0 Å². The molecule has 0 spiro atoms. The molecule has 1 aromatic carbocycles. The number of aliphatic hydroxyl groups excluding tert-OH is 1. The molecule has 0 amide bonds. The molecule has 0 unspecified atom stereocenters. The normalized spacial score (nSPS) is 29.7. The zero-order chi connectivity index (χ0) is 15.7. The van der Waals surface area contributed by atoms with Crippen LogP contribution in [0.2, 0.25) is 0 Å². The molecule has 5 nitrogen and oxygen atoms in total. The predicted octanol–water partition coefficient (Wildman–Crippen LogP) is 0.271. The number of sulfone groups is 1. The van der Waals surface area contributed by atoms with Gasteiger partial charge in [0.2, 0.25) is 0 Å². The molecule has 2 saturated heterocycles. The minimum Gasteiger partial charge on any atom is -0.390 e. The van der Waals surface area contributed by atoms with Gasteiger partial charge in [-0.05, 0) is 12.5 Å². The van der Waals surface area contributed by atoms with Crippen LogP contribution in [0.3, 0.4) is 0 Å². The van der Waals surface area contributed by atoms with E-state index in [1.807, 2.05) is 0 Å². The van der Waals surface area contributed by atoms with Crippen LogP contribution in [0.25, 0.3) is 0 Å². The van der Waals surface area contributed by atoms with E-state index in [0.29, 0.717) is 0 Å². The van der Waals surface area contributed by atoms with Crippen molar-refractivity contribution in [1.29, 1.82) is 0 Å². The number of rotatable bonds is 3. The number of aryl methyl sites for hydroxylation is 1. The largest absolute Gasteiger partial charge is 0.390 e. The summed E-state index contributed by atoms with van der Waals surface area (Å²) in [6, 6.07) is 8.32. The minimum atomic E-state index is -3.07. The van der Waals surface area contributed by atoms with Crippen molar-refractivity contribution >= 4 is 9.84 Å². The van der Waals surface area contributed by atoms with E-state index < -0.39 is 15.9 Å². The van der Waals surface area contributed by atoms with Crippen molar-refractivity contribution in [3.63, 3.8) is 0 Å². The lowest BCUT2D eigenvalue weighted by molar-refractivity contribution is 0.0424. The summed E-state index contributed by atoms with van der Waals surface area (Å²) >= 11 is 0. The molecule has 3 rings (SSSR count). The van der Waals surface area contributed by atoms with Gasteiger partial charge < -0.3 is 5.11 Å². The third-order valence-corrected chi connectivity index (χ3v) is 6.36. The Bertz CT molecular complexity index is 624. The van der Waals surface area contributed by atoms with E-state index in [1.54, 1.807) is 0 Å². The van der Waals surface area contributed by atoms with Crippen LogP contribution < -0.4 is 0 Å². The lowest BCUT2D eigenvalue weighted by Crippen LogP contribution is -2.53. The van der Waals surface area contributed by atoms with E-state index in [9.17, 15) is 13.5 Å². The number of hydrogen-bond donors (Lipinski definition) is 1. The van der Waals surface area contributed by atoms with Gasteiger partial charge in [-0.3, -0.25) is 9.80 Å². The molecule has 0 saturated carbocycles. The number of hydrogen-bond acceptors (Lipinski definition) is 5. The minimum absolute atomic E-state index is 0.0822. The van der Waals surface area contributed by atoms with Gasteiger partial charge in [0, 0.05) is 32.7 Å². The topological polar surface area (TPSA) is 60.9 Å². The summed E-state index contributed by atoms with van der Waals surface area (Å²) in [5.74, 6) is 0.0211. The second-order valence-electron chi connectivity index (χ2n) is 6.51. The van der Waals surface area contributed by atoms with Gasteiger partial charge in [0.05, 0.1) is 23.7 Å². The highest BCUT2D eigenvalue weighted by Gasteiger charge is 2.40. The van der Waals surface area contributed by atoms with E-state index in [4.69, 9.17) is 0 Å². The third kappa shape index (κ3) is 3.68. The Morgan fingerprint density at radius 2 is 1.91 bits per heavy atom. The van der Waals surface area contributed by atoms with Crippen LogP contribution in [-0.4, -0.2) is 73.2 Å². The summed E-state index contributed by atoms with van der Waals surface area (Å²) < 4.78 is 23.3. The van der Waals surface area contributed by atoms with E-state index in [2.05, 4.69) is 41.0 Å². The molecule has 1 N–H and O–H groups in total. The summed E-state index contributed by atoms with van der Waals surface area (Å²) in [5.41, 5.74) is 2.59. The Balaban J connectivity index is 1.54. The fourth-order valence-electron chi connectivity index (χ4n) is 3.48. The molecule has 2 aliphatic rings. The van der Waals surface area contributed by atoms with Crippen LogP contribution >= 0.6 is 0 Å². The van der Waals surface area contributed by atoms with Gasteiger partial charge in [0.15, 0.2) is 9.84 Å². The molecule has 0 radical (unpaired) electrons. The Kier molecular flexibility index (Phi) is 4.54. The first-order valence-corrected chi connectivity index (χ1v) is 9.65. The quantitative estimate of drug-likeness (QED) is 0.865. The SMILES string of the molecule is Cc1cccc(CN2CCN([C@@H]3CS(=O)(=O)C[C@@H]3O)CC2)c1. The highest BCUT2D eigenvalue weighted by atomic mass is 32.2. The average molecular weight is 324 g/mol. The second-order valence-corrected chi connectivity index (χ2v) is 8.67. The maximum absolute atomic E-state index is 11.6. The second kappa shape index (κ2) is 6.28. The zero-order valence-electron chi connectivity index (χ0n) is 13.0. The van der Waals surface area contributed by atoms with E-state index in [0.717, 1.165) is 32.7 Å². The Hall–Kier alpha value is -0.950. The molecular weight excluding hydrogens is 300 g/mol. The van der Waals surface area contributed by atoms with Crippen LogP contribution in [-0.2, 0) is 16.4 Å². The van der Waals surface area contributed by atoms with E-state index >= 15 is 0 Å². The Morgan fingerprint density at radius 1 is 1.18 bits per heavy atom. The molecule has 6 heteroatoms. The molecule has 122 valence electrons. The molecular formula is C16H24N2O3S. The first-order valence-electron chi connectivity index (χ1n) is 7.83. The molecule has 2 aliphatic heterocycles. The maximum atomic E-state index is 11.6. The fraction of sp³-hybridized carbons (Fsp3) is 0.625. The first-order chi connectivity index (χ1) is 10.4. The van der Waals surface area contributed by atoms with Gasteiger partial charge >= 0.3 is 0 Å². The van der Waals surface area contributed by atoms with Crippen molar-refractivity contribution in [3.8, 4) is 0 Å².